The molecule has 3 aromatic heterocycles. The van der Waals surface area contributed by atoms with Gasteiger partial charge in [0.05, 0.1) is 23.6 Å². The van der Waals surface area contributed by atoms with Crippen molar-refractivity contribution >= 4 is 17.1 Å². The van der Waals surface area contributed by atoms with Gasteiger partial charge in [-0.2, -0.15) is 9.78 Å². The lowest BCUT2D eigenvalue weighted by atomic mass is 9.61. The van der Waals surface area contributed by atoms with Gasteiger partial charge < -0.3 is 14.4 Å². The quantitative estimate of drug-likeness (QED) is 0.470. The average Bonchev–Trinajstić information content (AvgIpc) is 3.22. The first kappa shape index (κ1) is 23.9. The Hall–Kier alpha value is -2.42. The molecule has 36 heavy (non-hydrogen) atoms. The predicted molar refractivity (Wildman–Crippen MR) is 138 cm³/mol. The van der Waals surface area contributed by atoms with Crippen molar-refractivity contribution in [2.45, 2.75) is 71.1 Å². The van der Waals surface area contributed by atoms with Crippen LogP contribution < -0.4 is 10.3 Å². The Bertz CT molecular complexity index is 1310. The van der Waals surface area contributed by atoms with Gasteiger partial charge in [-0.15, -0.1) is 0 Å². The molecule has 1 unspecified atom stereocenters. The fourth-order valence-corrected chi connectivity index (χ4v) is 6.52. The predicted octanol–water partition coefficient (Wildman–Crippen LogP) is 4.34. The Balaban J connectivity index is 0.962. The molecule has 3 aliphatic rings. The minimum atomic E-state index is -0.285. The standard InChI is InChI=1S/C27H34ClN5O3/c1-18-23(9-8-21-15-29-19(2)32(18)21)36-22-12-27(13-22)16-31(17-27)10-5-6-20-14-30-33(26(34)25(20)28)24-7-3-4-11-35-24/h8-9,14-15,22,24H,3-7,10-13,16-17H2,1-2H3. The highest BCUT2D eigenvalue weighted by Gasteiger charge is 2.53. The third-order valence-corrected chi connectivity index (χ3v) is 8.57. The molecule has 6 rings (SSSR count). The first-order valence-corrected chi connectivity index (χ1v) is 13.5. The molecular weight excluding hydrogens is 478 g/mol. The van der Waals surface area contributed by atoms with Crippen molar-refractivity contribution in [3.8, 4) is 5.75 Å². The van der Waals surface area contributed by atoms with Crippen LogP contribution >= 0.6 is 11.6 Å². The molecule has 0 radical (unpaired) electrons. The number of fused-ring (bicyclic) bond motifs is 1. The maximum Gasteiger partial charge on any atom is 0.288 e. The summed E-state index contributed by atoms with van der Waals surface area (Å²) in [6.07, 6.45) is 10.5. The number of hydrogen-bond donors (Lipinski definition) is 0. The largest absolute Gasteiger partial charge is 0.489 e. The lowest BCUT2D eigenvalue weighted by molar-refractivity contribution is -0.119. The number of ether oxygens (including phenoxy) is 2. The van der Waals surface area contributed by atoms with Crippen molar-refractivity contribution in [2.24, 2.45) is 5.41 Å². The maximum atomic E-state index is 12.7. The SMILES string of the molecule is Cc1ncc2ccc(OC3CC4(C3)CN(CCCc3cnn(C5CCCCO5)c(=O)c3Cl)C4)c(C)n12. The van der Waals surface area contributed by atoms with Gasteiger partial charge in [0.25, 0.3) is 5.56 Å². The number of hydrogen-bond acceptors (Lipinski definition) is 6. The van der Waals surface area contributed by atoms with E-state index in [9.17, 15) is 4.79 Å². The molecular formula is C27H34ClN5O3. The number of likely N-dealkylation sites (tertiary alicyclic amines) is 1. The Morgan fingerprint density at radius 1 is 1.19 bits per heavy atom. The summed E-state index contributed by atoms with van der Waals surface area (Å²) in [5.74, 6) is 1.95. The molecule has 1 spiro atoms. The maximum absolute atomic E-state index is 12.7. The van der Waals surface area contributed by atoms with E-state index in [4.69, 9.17) is 21.1 Å². The van der Waals surface area contributed by atoms with E-state index in [1.165, 1.54) is 4.68 Å². The summed E-state index contributed by atoms with van der Waals surface area (Å²) in [5.41, 5.74) is 3.23. The minimum absolute atomic E-state index is 0.234. The summed E-state index contributed by atoms with van der Waals surface area (Å²) in [5, 5.41) is 4.66. The Labute approximate surface area is 216 Å². The van der Waals surface area contributed by atoms with Crippen molar-refractivity contribution in [1.82, 2.24) is 24.1 Å². The third kappa shape index (κ3) is 4.33. The van der Waals surface area contributed by atoms with Gasteiger partial charge in [0, 0.05) is 25.1 Å². The molecule has 5 heterocycles. The van der Waals surface area contributed by atoms with Gasteiger partial charge in [-0.25, -0.2) is 4.98 Å². The zero-order chi connectivity index (χ0) is 24.9. The number of halogens is 1. The van der Waals surface area contributed by atoms with Crippen LogP contribution in [0.3, 0.4) is 0 Å². The number of imidazole rings is 1. The van der Waals surface area contributed by atoms with Crippen LogP contribution in [0.2, 0.25) is 5.02 Å². The first-order chi connectivity index (χ1) is 17.4. The lowest BCUT2D eigenvalue weighted by Crippen LogP contribution is -2.64. The van der Waals surface area contributed by atoms with Crippen LogP contribution in [0, 0.1) is 19.3 Å². The van der Waals surface area contributed by atoms with Crippen LogP contribution in [0.25, 0.3) is 5.52 Å². The van der Waals surface area contributed by atoms with Gasteiger partial charge in [0.1, 0.15) is 22.7 Å². The van der Waals surface area contributed by atoms with Crippen LogP contribution in [-0.2, 0) is 11.2 Å². The highest BCUT2D eigenvalue weighted by molar-refractivity contribution is 6.31. The van der Waals surface area contributed by atoms with E-state index in [-0.39, 0.29) is 22.9 Å². The second-order valence-electron chi connectivity index (χ2n) is 10.9. The molecule has 9 heteroatoms. The molecule has 1 atom stereocenters. The summed E-state index contributed by atoms with van der Waals surface area (Å²) in [7, 11) is 0. The summed E-state index contributed by atoms with van der Waals surface area (Å²) in [6.45, 7) is 8.05. The minimum Gasteiger partial charge on any atom is -0.489 e. The van der Waals surface area contributed by atoms with Crippen molar-refractivity contribution in [2.75, 3.05) is 26.2 Å². The van der Waals surface area contributed by atoms with E-state index < -0.39 is 0 Å². The van der Waals surface area contributed by atoms with E-state index in [2.05, 4.69) is 38.4 Å². The molecule has 8 nitrogen and oxygen atoms in total. The highest BCUT2D eigenvalue weighted by Crippen LogP contribution is 2.49. The molecule has 0 bridgehead atoms. The number of aryl methyl sites for hydroxylation is 3. The lowest BCUT2D eigenvalue weighted by Gasteiger charge is -2.58. The molecule has 3 fully saturated rings. The van der Waals surface area contributed by atoms with E-state index in [0.29, 0.717) is 12.0 Å². The van der Waals surface area contributed by atoms with E-state index in [1.807, 2.05) is 13.1 Å². The fraction of sp³-hybridized carbons (Fsp3) is 0.593. The topological polar surface area (TPSA) is 73.9 Å². The Morgan fingerprint density at radius 2 is 2.03 bits per heavy atom. The van der Waals surface area contributed by atoms with Crippen LogP contribution in [0.1, 0.15) is 61.8 Å². The zero-order valence-corrected chi connectivity index (χ0v) is 21.8. The first-order valence-electron chi connectivity index (χ1n) is 13.1. The Kier molecular flexibility index (Phi) is 6.30. The zero-order valence-electron chi connectivity index (χ0n) is 21.1. The number of aromatic nitrogens is 4. The number of nitrogens with zero attached hydrogens (tertiary/aromatic N) is 5. The van der Waals surface area contributed by atoms with Crippen molar-refractivity contribution < 1.29 is 9.47 Å². The fourth-order valence-electron chi connectivity index (χ4n) is 6.29. The molecule has 2 aliphatic heterocycles. The van der Waals surface area contributed by atoms with Gasteiger partial charge in [-0.3, -0.25) is 9.20 Å². The van der Waals surface area contributed by atoms with E-state index in [0.717, 1.165) is 92.9 Å². The van der Waals surface area contributed by atoms with Crippen LogP contribution in [-0.4, -0.2) is 56.4 Å². The highest BCUT2D eigenvalue weighted by atomic mass is 35.5. The molecule has 0 N–H and O–H groups in total. The third-order valence-electron chi connectivity index (χ3n) is 8.16. The average molecular weight is 512 g/mol. The van der Waals surface area contributed by atoms with Gasteiger partial charge in [-0.05, 0) is 83.0 Å². The molecule has 2 saturated heterocycles. The molecule has 3 aromatic rings. The molecule has 192 valence electrons. The van der Waals surface area contributed by atoms with Crippen LogP contribution in [0.15, 0.2) is 29.3 Å². The molecule has 1 aliphatic carbocycles. The van der Waals surface area contributed by atoms with Gasteiger partial charge in [0.15, 0.2) is 6.23 Å². The summed E-state index contributed by atoms with van der Waals surface area (Å²) < 4.78 is 15.6. The van der Waals surface area contributed by atoms with Gasteiger partial charge in [-0.1, -0.05) is 11.6 Å². The number of rotatable bonds is 7. The molecule has 1 saturated carbocycles. The molecule has 0 aromatic carbocycles. The second-order valence-corrected chi connectivity index (χ2v) is 11.2. The number of pyridine rings is 1. The van der Waals surface area contributed by atoms with Crippen LogP contribution in [0.4, 0.5) is 0 Å². The summed E-state index contributed by atoms with van der Waals surface area (Å²) in [6, 6.07) is 4.15. The summed E-state index contributed by atoms with van der Waals surface area (Å²) >= 11 is 6.42. The monoisotopic (exact) mass is 511 g/mol. The van der Waals surface area contributed by atoms with E-state index in [1.54, 1.807) is 6.20 Å². The normalized spacial score (nSPS) is 22.0. The second kappa shape index (κ2) is 9.47. The van der Waals surface area contributed by atoms with Gasteiger partial charge >= 0.3 is 0 Å². The van der Waals surface area contributed by atoms with Crippen molar-refractivity contribution in [3.05, 3.63) is 57.0 Å². The van der Waals surface area contributed by atoms with Crippen molar-refractivity contribution in [3.63, 3.8) is 0 Å². The smallest absolute Gasteiger partial charge is 0.288 e. The summed E-state index contributed by atoms with van der Waals surface area (Å²) in [4.78, 5) is 19.6. The molecule has 0 amide bonds. The van der Waals surface area contributed by atoms with E-state index >= 15 is 0 Å². The van der Waals surface area contributed by atoms with Crippen LogP contribution in [0.5, 0.6) is 5.75 Å². The Morgan fingerprint density at radius 3 is 2.81 bits per heavy atom. The van der Waals surface area contributed by atoms with Crippen molar-refractivity contribution in [1.29, 1.82) is 0 Å². The van der Waals surface area contributed by atoms with Gasteiger partial charge in [0.2, 0.25) is 0 Å².